The molecule has 0 aliphatic rings. The standard InChI is InChI=1S/C14H12N4O3/c1-8-4-3-5-9(2)12(8)15-11-7-6-10-13(17-21-16-10)14(11)18(19)20/h3-7,15H,1-2H3. The molecule has 1 aromatic heterocycles. The van der Waals surface area contributed by atoms with Gasteiger partial charge >= 0.3 is 5.69 Å². The Balaban J connectivity index is 2.16. The minimum Gasteiger partial charge on any atom is -0.349 e. The number of hydrogen-bond donors (Lipinski definition) is 1. The first-order chi connectivity index (χ1) is 10.1. The quantitative estimate of drug-likeness (QED) is 0.584. The molecule has 106 valence electrons. The Bertz CT molecular complexity index is 821. The van der Waals surface area contributed by atoms with Crippen LogP contribution in [0, 0.1) is 24.0 Å². The van der Waals surface area contributed by atoms with E-state index in [0.717, 1.165) is 16.8 Å². The van der Waals surface area contributed by atoms with Gasteiger partial charge in [-0.3, -0.25) is 10.1 Å². The van der Waals surface area contributed by atoms with Crippen molar-refractivity contribution >= 4 is 28.1 Å². The van der Waals surface area contributed by atoms with E-state index in [4.69, 9.17) is 0 Å². The fourth-order valence-electron chi connectivity index (χ4n) is 2.27. The highest BCUT2D eigenvalue weighted by atomic mass is 16.6. The van der Waals surface area contributed by atoms with E-state index >= 15 is 0 Å². The van der Waals surface area contributed by atoms with Gasteiger partial charge < -0.3 is 5.32 Å². The molecule has 0 spiro atoms. The van der Waals surface area contributed by atoms with Gasteiger partial charge in [0.1, 0.15) is 11.2 Å². The maximum atomic E-state index is 11.3. The van der Waals surface area contributed by atoms with E-state index in [1.165, 1.54) is 0 Å². The second kappa shape index (κ2) is 4.86. The topological polar surface area (TPSA) is 94.1 Å². The van der Waals surface area contributed by atoms with Crippen LogP contribution in [0.3, 0.4) is 0 Å². The Kier molecular flexibility index (Phi) is 3.02. The summed E-state index contributed by atoms with van der Waals surface area (Å²) in [6, 6.07) is 9.06. The molecule has 21 heavy (non-hydrogen) atoms. The first-order valence-corrected chi connectivity index (χ1v) is 6.31. The average molecular weight is 284 g/mol. The smallest absolute Gasteiger partial charge is 0.323 e. The highest BCUT2D eigenvalue weighted by molar-refractivity contribution is 5.92. The van der Waals surface area contributed by atoms with Crippen molar-refractivity contribution in [2.45, 2.75) is 13.8 Å². The number of nitrogens with zero attached hydrogens (tertiary/aromatic N) is 3. The Morgan fingerprint density at radius 1 is 1.14 bits per heavy atom. The van der Waals surface area contributed by atoms with E-state index in [0.29, 0.717) is 11.2 Å². The van der Waals surface area contributed by atoms with Gasteiger partial charge in [0.15, 0.2) is 0 Å². The highest BCUT2D eigenvalue weighted by Gasteiger charge is 2.23. The number of hydrogen-bond acceptors (Lipinski definition) is 6. The summed E-state index contributed by atoms with van der Waals surface area (Å²) in [5.41, 5.74) is 3.56. The van der Waals surface area contributed by atoms with Gasteiger partial charge in [-0.05, 0) is 47.4 Å². The van der Waals surface area contributed by atoms with Gasteiger partial charge in [-0.15, -0.1) is 0 Å². The molecule has 7 heteroatoms. The number of fused-ring (bicyclic) bond motifs is 1. The molecule has 0 radical (unpaired) electrons. The van der Waals surface area contributed by atoms with Crippen molar-refractivity contribution in [1.82, 2.24) is 10.3 Å². The summed E-state index contributed by atoms with van der Waals surface area (Å²) in [6.45, 7) is 3.88. The van der Waals surface area contributed by atoms with Crippen LogP contribution in [0.15, 0.2) is 35.0 Å². The second-order valence-electron chi connectivity index (χ2n) is 4.74. The van der Waals surface area contributed by atoms with E-state index in [2.05, 4.69) is 20.3 Å². The molecule has 3 rings (SSSR count). The zero-order chi connectivity index (χ0) is 15.0. The Labute approximate surface area is 119 Å². The molecule has 3 aromatic rings. The van der Waals surface area contributed by atoms with Crippen LogP contribution in [-0.2, 0) is 0 Å². The molecule has 0 bridgehead atoms. The zero-order valence-electron chi connectivity index (χ0n) is 11.5. The predicted molar refractivity (Wildman–Crippen MR) is 77.7 cm³/mol. The molecule has 0 saturated heterocycles. The number of anilines is 2. The first-order valence-electron chi connectivity index (χ1n) is 6.31. The van der Waals surface area contributed by atoms with Crippen molar-refractivity contribution in [2.75, 3.05) is 5.32 Å². The lowest BCUT2D eigenvalue weighted by atomic mass is 10.1. The Morgan fingerprint density at radius 3 is 2.52 bits per heavy atom. The summed E-state index contributed by atoms with van der Waals surface area (Å²) in [4.78, 5) is 10.9. The van der Waals surface area contributed by atoms with Crippen molar-refractivity contribution in [3.05, 3.63) is 51.6 Å². The molecule has 1 heterocycles. The van der Waals surface area contributed by atoms with Crippen LogP contribution in [0.25, 0.3) is 11.0 Å². The fraction of sp³-hybridized carbons (Fsp3) is 0.143. The lowest BCUT2D eigenvalue weighted by Crippen LogP contribution is -2.00. The summed E-state index contributed by atoms with van der Waals surface area (Å²) in [5.74, 6) is 0. The Morgan fingerprint density at radius 2 is 1.86 bits per heavy atom. The maximum Gasteiger partial charge on any atom is 0.323 e. The number of nitrogens with one attached hydrogen (secondary N) is 1. The van der Waals surface area contributed by atoms with Crippen LogP contribution >= 0.6 is 0 Å². The first kappa shape index (κ1) is 13.0. The van der Waals surface area contributed by atoms with E-state index < -0.39 is 4.92 Å². The molecule has 0 aliphatic heterocycles. The molecule has 0 atom stereocenters. The monoisotopic (exact) mass is 284 g/mol. The second-order valence-corrected chi connectivity index (χ2v) is 4.74. The van der Waals surface area contributed by atoms with Crippen LogP contribution in [-0.4, -0.2) is 15.2 Å². The lowest BCUT2D eigenvalue weighted by molar-refractivity contribution is -0.382. The van der Waals surface area contributed by atoms with Crippen molar-refractivity contribution in [3.8, 4) is 0 Å². The van der Waals surface area contributed by atoms with Crippen LogP contribution in [0.5, 0.6) is 0 Å². The molecule has 0 unspecified atom stereocenters. The SMILES string of the molecule is Cc1cccc(C)c1Nc1ccc2nonc2c1[N+](=O)[O-]. The highest BCUT2D eigenvalue weighted by Crippen LogP contribution is 2.35. The Hall–Kier alpha value is -2.96. The maximum absolute atomic E-state index is 11.3. The molecule has 7 nitrogen and oxygen atoms in total. The molecule has 0 amide bonds. The number of nitro benzene ring substituents is 1. The third kappa shape index (κ3) is 2.18. The summed E-state index contributed by atoms with van der Waals surface area (Å²) >= 11 is 0. The van der Waals surface area contributed by atoms with Gasteiger partial charge in [0.05, 0.1) is 4.92 Å². The minimum absolute atomic E-state index is 0.135. The number of aromatic nitrogens is 2. The minimum atomic E-state index is -0.484. The normalized spacial score (nSPS) is 10.8. The molecule has 1 N–H and O–H groups in total. The lowest BCUT2D eigenvalue weighted by Gasteiger charge is -2.12. The van der Waals surface area contributed by atoms with E-state index in [9.17, 15) is 10.1 Å². The van der Waals surface area contributed by atoms with Gasteiger partial charge in [-0.1, -0.05) is 18.2 Å². The third-order valence-electron chi connectivity index (χ3n) is 3.32. The molecular weight excluding hydrogens is 272 g/mol. The summed E-state index contributed by atoms with van der Waals surface area (Å²) in [5, 5.41) is 21.7. The van der Waals surface area contributed by atoms with Gasteiger partial charge in [-0.25, -0.2) is 4.63 Å². The number of para-hydroxylation sites is 1. The van der Waals surface area contributed by atoms with Gasteiger partial charge in [-0.2, -0.15) is 0 Å². The van der Waals surface area contributed by atoms with Crippen molar-refractivity contribution in [3.63, 3.8) is 0 Å². The number of benzene rings is 2. The molecule has 0 saturated carbocycles. The van der Waals surface area contributed by atoms with Gasteiger partial charge in [0.2, 0.25) is 5.52 Å². The van der Waals surface area contributed by atoms with Crippen LogP contribution in [0.1, 0.15) is 11.1 Å². The molecule has 0 fully saturated rings. The molecule has 0 aliphatic carbocycles. The van der Waals surface area contributed by atoms with E-state index in [1.807, 2.05) is 32.0 Å². The van der Waals surface area contributed by atoms with Crippen LogP contribution < -0.4 is 5.32 Å². The van der Waals surface area contributed by atoms with Gasteiger partial charge in [0, 0.05) is 5.69 Å². The summed E-state index contributed by atoms with van der Waals surface area (Å²) < 4.78 is 4.58. The number of rotatable bonds is 3. The van der Waals surface area contributed by atoms with Gasteiger partial charge in [0.25, 0.3) is 0 Å². The van der Waals surface area contributed by atoms with Crippen molar-refractivity contribution in [1.29, 1.82) is 0 Å². The predicted octanol–water partition coefficient (Wildman–Crippen LogP) is 3.49. The van der Waals surface area contributed by atoms with E-state index in [1.54, 1.807) is 12.1 Å². The number of nitro groups is 1. The summed E-state index contributed by atoms with van der Waals surface area (Å²) in [6.07, 6.45) is 0. The molecular formula is C14H12N4O3. The van der Waals surface area contributed by atoms with E-state index in [-0.39, 0.29) is 11.2 Å². The van der Waals surface area contributed by atoms with Crippen molar-refractivity contribution in [2.24, 2.45) is 0 Å². The summed E-state index contributed by atoms with van der Waals surface area (Å²) in [7, 11) is 0. The van der Waals surface area contributed by atoms with Crippen LogP contribution in [0.4, 0.5) is 17.1 Å². The third-order valence-corrected chi connectivity index (χ3v) is 3.32. The van der Waals surface area contributed by atoms with Crippen LogP contribution in [0.2, 0.25) is 0 Å². The average Bonchev–Trinajstić information content (AvgIpc) is 2.90. The number of aryl methyl sites for hydroxylation is 2. The largest absolute Gasteiger partial charge is 0.349 e. The van der Waals surface area contributed by atoms with Crippen molar-refractivity contribution < 1.29 is 9.55 Å². The zero-order valence-corrected chi connectivity index (χ0v) is 11.5. The molecule has 2 aromatic carbocycles. The fourth-order valence-corrected chi connectivity index (χ4v) is 2.27.